The summed E-state index contributed by atoms with van der Waals surface area (Å²) in [4.78, 5) is 19.2. The first-order valence-electron chi connectivity index (χ1n) is 13.5. The van der Waals surface area contributed by atoms with Crippen LogP contribution in [0.4, 0.5) is 5.69 Å². The minimum atomic E-state index is -3.63. The van der Waals surface area contributed by atoms with E-state index in [0.717, 1.165) is 66.7 Å². The Bertz CT molecular complexity index is 1470. The average Bonchev–Trinajstić information content (AvgIpc) is 3.36. The quantitative estimate of drug-likeness (QED) is 0.444. The third kappa shape index (κ3) is 5.80. The maximum Gasteiger partial charge on any atom is 0.264 e. The molecular formula is C29H40N4O4S. The van der Waals surface area contributed by atoms with Crippen LogP contribution >= 0.6 is 0 Å². The zero-order valence-corrected chi connectivity index (χ0v) is 23.7. The van der Waals surface area contributed by atoms with E-state index in [4.69, 9.17) is 9.17 Å². The second-order valence-corrected chi connectivity index (χ2v) is 13.0. The Balaban J connectivity index is 0.00000353. The summed E-state index contributed by atoms with van der Waals surface area (Å²) in [5.41, 5.74) is 6.55. The van der Waals surface area contributed by atoms with Crippen LogP contribution in [-0.2, 0) is 31.9 Å². The SMILES string of the molecule is Cc1ccc2c(c1)nc(C)n2[C@@H]1CCN(C[C@@H]2Cc3ccc(NC(=O)C(C)C)cc3C2)C[C@H]1OS(C)(=O)=O.[HH]. The highest BCUT2D eigenvalue weighted by molar-refractivity contribution is 7.86. The van der Waals surface area contributed by atoms with Gasteiger partial charge in [-0.25, -0.2) is 4.98 Å². The van der Waals surface area contributed by atoms with Gasteiger partial charge in [0.1, 0.15) is 11.9 Å². The molecule has 1 fully saturated rings. The summed E-state index contributed by atoms with van der Waals surface area (Å²) in [5, 5.41) is 3.00. The summed E-state index contributed by atoms with van der Waals surface area (Å²) in [6.07, 6.45) is 3.36. The normalized spacial score (nSPS) is 22.2. The second-order valence-electron chi connectivity index (χ2n) is 11.4. The van der Waals surface area contributed by atoms with Crippen molar-refractivity contribution < 1.29 is 18.8 Å². The van der Waals surface area contributed by atoms with Gasteiger partial charge >= 0.3 is 0 Å². The van der Waals surface area contributed by atoms with Crippen LogP contribution in [-0.4, -0.2) is 60.8 Å². The summed E-state index contributed by atoms with van der Waals surface area (Å²) < 4.78 is 32.4. The van der Waals surface area contributed by atoms with Gasteiger partial charge in [0.15, 0.2) is 0 Å². The molecule has 0 unspecified atom stereocenters. The first kappa shape index (κ1) is 26.8. The maximum atomic E-state index is 12.3. The number of rotatable bonds is 7. The number of hydrogen-bond acceptors (Lipinski definition) is 6. The first-order valence-corrected chi connectivity index (χ1v) is 15.3. The number of likely N-dealkylation sites (tertiary alicyclic amines) is 1. The Kier molecular flexibility index (Phi) is 7.37. The van der Waals surface area contributed by atoms with Crippen molar-refractivity contribution in [3.63, 3.8) is 0 Å². The Morgan fingerprint density at radius 3 is 2.66 bits per heavy atom. The molecule has 1 aromatic heterocycles. The zero-order valence-electron chi connectivity index (χ0n) is 22.9. The lowest BCUT2D eigenvalue weighted by molar-refractivity contribution is -0.118. The lowest BCUT2D eigenvalue weighted by Gasteiger charge is -2.39. The predicted octanol–water partition coefficient (Wildman–Crippen LogP) is 4.50. The number of hydrogen-bond donors (Lipinski definition) is 1. The number of aromatic nitrogens is 2. The zero-order chi connectivity index (χ0) is 27.2. The van der Waals surface area contributed by atoms with Gasteiger partial charge in [-0.2, -0.15) is 8.42 Å². The molecule has 2 heterocycles. The lowest BCUT2D eigenvalue weighted by atomic mass is 9.98. The molecule has 0 spiro atoms. The smallest absolute Gasteiger partial charge is 0.264 e. The topological polar surface area (TPSA) is 93.5 Å². The summed E-state index contributed by atoms with van der Waals surface area (Å²) in [6.45, 7) is 10.1. The molecule has 38 heavy (non-hydrogen) atoms. The van der Waals surface area contributed by atoms with Crippen molar-refractivity contribution in [2.75, 3.05) is 31.2 Å². The summed E-state index contributed by atoms with van der Waals surface area (Å²) in [7, 11) is -3.63. The number of fused-ring (bicyclic) bond motifs is 2. The molecule has 2 aromatic carbocycles. The van der Waals surface area contributed by atoms with E-state index in [9.17, 15) is 13.2 Å². The Morgan fingerprint density at radius 1 is 1.16 bits per heavy atom. The van der Waals surface area contributed by atoms with Crippen LogP contribution in [0, 0.1) is 25.7 Å². The van der Waals surface area contributed by atoms with Crippen LogP contribution < -0.4 is 5.32 Å². The predicted molar refractivity (Wildman–Crippen MR) is 152 cm³/mol. The molecule has 1 aliphatic carbocycles. The molecule has 206 valence electrons. The average molecular weight is 541 g/mol. The van der Waals surface area contributed by atoms with Crippen LogP contribution in [0.1, 0.15) is 50.3 Å². The van der Waals surface area contributed by atoms with E-state index < -0.39 is 16.2 Å². The Morgan fingerprint density at radius 2 is 1.92 bits per heavy atom. The van der Waals surface area contributed by atoms with Gasteiger partial charge in [-0.05, 0) is 80.0 Å². The van der Waals surface area contributed by atoms with Crippen molar-refractivity contribution in [3.8, 4) is 0 Å². The fourth-order valence-corrected chi connectivity index (χ4v) is 6.70. The Labute approximate surface area is 227 Å². The standard InChI is InChI=1S/C29H38N4O4S.H2/c1-18(2)29(34)31-24-8-7-22-13-21(14-23(22)15-24)16-32-11-10-27(28(17-32)37-38(5,35)36)33-20(4)30-25-12-19(3)6-9-26(25)33;/h6-9,12,15,18,21,27-28H,10-11,13-14,16-17H2,1-5H3,(H,31,34);1H/t21-,27-,28-;/m1./s1. The van der Waals surface area contributed by atoms with Crippen molar-refractivity contribution >= 4 is 32.7 Å². The summed E-state index contributed by atoms with van der Waals surface area (Å²) in [6, 6.07) is 12.3. The highest BCUT2D eigenvalue weighted by atomic mass is 32.2. The number of imidazole rings is 1. The number of aryl methyl sites for hydroxylation is 2. The number of nitrogens with one attached hydrogen (secondary N) is 1. The minimum Gasteiger partial charge on any atom is -0.326 e. The fourth-order valence-electron chi connectivity index (χ4n) is 6.06. The van der Waals surface area contributed by atoms with Crippen molar-refractivity contribution in [3.05, 3.63) is 58.9 Å². The van der Waals surface area contributed by atoms with Gasteiger partial charge in [-0.1, -0.05) is 26.0 Å². The van der Waals surface area contributed by atoms with Crippen LogP contribution in [0.3, 0.4) is 0 Å². The highest BCUT2D eigenvalue weighted by Crippen LogP contribution is 2.34. The van der Waals surface area contributed by atoms with Gasteiger partial charge in [0, 0.05) is 32.7 Å². The van der Waals surface area contributed by atoms with Gasteiger partial charge in [-0.15, -0.1) is 0 Å². The van der Waals surface area contributed by atoms with Gasteiger partial charge in [0.25, 0.3) is 10.1 Å². The molecule has 0 radical (unpaired) electrons. The molecule has 3 atom stereocenters. The van der Waals surface area contributed by atoms with Crippen molar-refractivity contribution in [2.45, 2.75) is 59.1 Å². The molecule has 0 bridgehead atoms. The van der Waals surface area contributed by atoms with E-state index >= 15 is 0 Å². The Hall–Kier alpha value is -2.75. The summed E-state index contributed by atoms with van der Waals surface area (Å²) >= 11 is 0. The van der Waals surface area contributed by atoms with Crippen LogP contribution in [0.15, 0.2) is 36.4 Å². The van der Waals surface area contributed by atoms with Crippen LogP contribution in [0.5, 0.6) is 0 Å². The number of benzene rings is 2. The molecule has 1 N–H and O–H groups in total. The monoisotopic (exact) mass is 540 g/mol. The number of carbonyl (C=O) groups excluding carboxylic acids is 1. The fraction of sp³-hybridized carbons (Fsp3) is 0.517. The third-order valence-electron chi connectivity index (χ3n) is 7.79. The van der Waals surface area contributed by atoms with Crippen LogP contribution in [0.25, 0.3) is 11.0 Å². The second kappa shape index (κ2) is 10.4. The van der Waals surface area contributed by atoms with Crippen LogP contribution in [0.2, 0.25) is 0 Å². The first-order chi connectivity index (χ1) is 18.0. The maximum absolute atomic E-state index is 12.3. The number of carbonyl (C=O) groups is 1. The molecule has 0 saturated carbocycles. The highest BCUT2D eigenvalue weighted by Gasteiger charge is 2.36. The molecule has 9 heteroatoms. The van der Waals surface area contributed by atoms with Gasteiger partial charge < -0.3 is 14.8 Å². The largest absolute Gasteiger partial charge is 0.326 e. The molecule has 5 rings (SSSR count). The van der Waals surface area contributed by atoms with E-state index in [-0.39, 0.29) is 19.3 Å². The lowest BCUT2D eigenvalue weighted by Crippen LogP contribution is -2.48. The van der Waals surface area contributed by atoms with Crippen molar-refractivity contribution in [1.29, 1.82) is 0 Å². The molecule has 3 aromatic rings. The van der Waals surface area contributed by atoms with E-state index in [1.807, 2.05) is 33.8 Å². The summed E-state index contributed by atoms with van der Waals surface area (Å²) in [5.74, 6) is 1.28. The molecule has 1 aliphatic heterocycles. The van der Waals surface area contributed by atoms with Crippen molar-refractivity contribution in [2.24, 2.45) is 11.8 Å². The third-order valence-corrected chi connectivity index (χ3v) is 8.39. The number of amides is 1. The number of nitrogens with zero attached hydrogens (tertiary/aromatic N) is 3. The number of piperidine rings is 1. The molecule has 2 aliphatic rings. The van der Waals surface area contributed by atoms with Crippen molar-refractivity contribution in [1.82, 2.24) is 14.5 Å². The minimum absolute atomic E-state index is 0. The molecule has 1 amide bonds. The van der Waals surface area contributed by atoms with E-state index in [1.54, 1.807) is 0 Å². The van der Waals surface area contributed by atoms with Gasteiger partial charge in [-0.3, -0.25) is 8.98 Å². The van der Waals surface area contributed by atoms with E-state index in [2.05, 4.69) is 45.1 Å². The number of anilines is 1. The molecule has 8 nitrogen and oxygen atoms in total. The van der Waals surface area contributed by atoms with E-state index in [0.29, 0.717) is 12.5 Å². The van der Waals surface area contributed by atoms with E-state index in [1.165, 1.54) is 11.1 Å². The van der Waals surface area contributed by atoms with Gasteiger partial charge in [0.05, 0.1) is 23.3 Å². The van der Waals surface area contributed by atoms with Gasteiger partial charge in [0.2, 0.25) is 5.91 Å². The molecule has 1 saturated heterocycles. The molecular weight excluding hydrogens is 500 g/mol.